The summed E-state index contributed by atoms with van der Waals surface area (Å²) in [6.45, 7) is 0.604. The molecule has 4 heteroatoms. The number of allylic oxidation sites excluding steroid dienone is 2. The monoisotopic (exact) mass is 256 g/mol. The second-order valence-corrected chi connectivity index (χ2v) is 4.69. The van der Waals surface area contributed by atoms with Gasteiger partial charge in [0.1, 0.15) is 6.04 Å². The number of unbranched alkanes of at least 4 members (excludes halogenated alkanes) is 1. The maximum atomic E-state index is 10.1. The standard InChI is InChI=1S/C8H14.C6H14N2O2/c1-2-4-6-8-7-5-3-1;7-4-2-1-3-5(8)6(9)10/h1-2H,3-8H2;5H,1-4,7-8H2,(H,9,10)/b2-1+;/t;5-/m.0/s1. The van der Waals surface area contributed by atoms with Gasteiger partial charge in [-0.3, -0.25) is 4.79 Å². The summed E-state index contributed by atoms with van der Waals surface area (Å²) in [5.74, 6) is -0.933. The number of carbonyl (C=O) groups is 1. The third kappa shape index (κ3) is 11.6. The van der Waals surface area contributed by atoms with Gasteiger partial charge in [-0.15, -0.1) is 0 Å². The van der Waals surface area contributed by atoms with Crippen molar-refractivity contribution in [2.75, 3.05) is 6.54 Å². The first kappa shape index (κ1) is 17.1. The quantitative estimate of drug-likeness (QED) is 0.520. The minimum atomic E-state index is -0.933. The van der Waals surface area contributed by atoms with Gasteiger partial charge in [0.2, 0.25) is 0 Å². The van der Waals surface area contributed by atoms with Gasteiger partial charge in [0.05, 0.1) is 0 Å². The number of hydrogen-bond donors (Lipinski definition) is 3. The maximum Gasteiger partial charge on any atom is 0.320 e. The summed E-state index contributed by atoms with van der Waals surface area (Å²) in [5, 5.41) is 8.33. The molecule has 18 heavy (non-hydrogen) atoms. The summed E-state index contributed by atoms with van der Waals surface area (Å²) in [5.41, 5.74) is 10.4. The molecule has 1 aliphatic rings. The van der Waals surface area contributed by atoms with E-state index in [9.17, 15) is 4.79 Å². The smallest absolute Gasteiger partial charge is 0.320 e. The van der Waals surface area contributed by atoms with Crippen LogP contribution in [0.3, 0.4) is 0 Å². The Morgan fingerprint density at radius 3 is 2.11 bits per heavy atom. The van der Waals surface area contributed by atoms with Crippen LogP contribution in [0.5, 0.6) is 0 Å². The van der Waals surface area contributed by atoms with E-state index >= 15 is 0 Å². The summed E-state index contributed by atoms with van der Waals surface area (Å²) < 4.78 is 0. The molecule has 0 saturated heterocycles. The third-order valence-corrected chi connectivity index (χ3v) is 2.94. The molecule has 5 N–H and O–H groups in total. The molecular formula is C14H28N2O2. The van der Waals surface area contributed by atoms with E-state index in [0.29, 0.717) is 13.0 Å². The summed E-state index contributed by atoms with van der Waals surface area (Å²) in [6.07, 6.45) is 15.2. The van der Waals surface area contributed by atoms with E-state index in [-0.39, 0.29) is 0 Å². The molecule has 1 aliphatic carbocycles. The van der Waals surface area contributed by atoms with Gasteiger partial charge in [0.25, 0.3) is 0 Å². The molecule has 0 heterocycles. The maximum absolute atomic E-state index is 10.1. The molecule has 0 aromatic heterocycles. The highest BCUT2D eigenvalue weighted by Crippen LogP contribution is 2.09. The first-order chi connectivity index (χ1) is 8.68. The third-order valence-electron chi connectivity index (χ3n) is 2.94. The predicted molar refractivity (Wildman–Crippen MR) is 75.4 cm³/mol. The molecule has 0 spiro atoms. The molecule has 0 aromatic carbocycles. The number of rotatable bonds is 5. The van der Waals surface area contributed by atoms with Crippen LogP contribution in [0.25, 0.3) is 0 Å². The lowest BCUT2D eigenvalue weighted by Crippen LogP contribution is -2.29. The first-order valence-electron chi connectivity index (χ1n) is 7.02. The van der Waals surface area contributed by atoms with Crippen molar-refractivity contribution in [1.29, 1.82) is 0 Å². The van der Waals surface area contributed by atoms with Crippen LogP contribution in [-0.2, 0) is 4.79 Å². The molecule has 0 saturated carbocycles. The Morgan fingerprint density at radius 2 is 1.67 bits per heavy atom. The molecule has 4 nitrogen and oxygen atoms in total. The number of nitrogens with two attached hydrogens (primary N) is 2. The van der Waals surface area contributed by atoms with Crippen molar-refractivity contribution >= 4 is 5.97 Å². The molecular weight excluding hydrogens is 228 g/mol. The van der Waals surface area contributed by atoms with Crippen LogP contribution in [0.4, 0.5) is 0 Å². The first-order valence-corrected chi connectivity index (χ1v) is 7.02. The van der Waals surface area contributed by atoms with Crippen molar-refractivity contribution in [1.82, 2.24) is 0 Å². The number of carboxylic acids is 1. The largest absolute Gasteiger partial charge is 0.480 e. The van der Waals surface area contributed by atoms with Crippen molar-refractivity contribution in [3.05, 3.63) is 12.2 Å². The van der Waals surface area contributed by atoms with Gasteiger partial charge < -0.3 is 16.6 Å². The average Bonchev–Trinajstić information content (AvgIpc) is 2.29. The zero-order valence-corrected chi connectivity index (χ0v) is 11.3. The highest BCUT2D eigenvalue weighted by Gasteiger charge is 2.09. The van der Waals surface area contributed by atoms with Crippen molar-refractivity contribution in [2.45, 2.75) is 63.8 Å². The van der Waals surface area contributed by atoms with E-state index in [1.807, 2.05) is 0 Å². The molecule has 0 bridgehead atoms. The van der Waals surface area contributed by atoms with E-state index in [1.54, 1.807) is 0 Å². The Hall–Kier alpha value is -0.870. The summed E-state index contributed by atoms with van der Waals surface area (Å²) >= 11 is 0. The molecule has 106 valence electrons. The zero-order valence-electron chi connectivity index (χ0n) is 11.3. The molecule has 1 atom stereocenters. The lowest BCUT2D eigenvalue weighted by Gasteiger charge is -2.03. The lowest BCUT2D eigenvalue weighted by atomic mass is 10.1. The molecule has 0 fully saturated rings. The minimum Gasteiger partial charge on any atom is -0.480 e. The van der Waals surface area contributed by atoms with Crippen molar-refractivity contribution in [2.24, 2.45) is 11.5 Å². The van der Waals surface area contributed by atoms with Gasteiger partial charge in [-0.25, -0.2) is 0 Å². The van der Waals surface area contributed by atoms with Crippen molar-refractivity contribution < 1.29 is 9.90 Å². The number of aliphatic carboxylic acids is 1. The second kappa shape index (κ2) is 12.6. The van der Waals surface area contributed by atoms with Gasteiger partial charge in [-0.1, -0.05) is 31.4 Å². The Balaban J connectivity index is 0.000000327. The van der Waals surface area contributed by atoms with Gasteiger partial charge in [0, 0.05) is 0 Å². The van der Waals surface area contributed by atoms with Crippen LogP contribution in [-0.4, -0.2) is 23.7 Å². The fourth-order valence-corrected chi connectivity index (χ4v) is 1.75. The molecule has 0 aliphatic heterocycles. The van der Waals surface area contributed by atoms with Crippen LogP contribution in [0.2, 0.25) is 0 Å². The Labute approximate surface area is 110 Å². The fourth-order valence-electron chi connectivity index (χ4n) is 1.75. The van der Waals surface area contributed by atoms with E-state index in [1.165, 1.54) is 38.5 Å². The van der Waals surface area contributed by atoms with Crippen LogP contribution in [0, 0.1) is 0 Å². The second-order valence-electron chi connectivity index (χ2n) is 4.69. The minimum absolute atomic E-state index is 0.520. The summed E-state index contributed by atoms with van der Waals surface area (Å²) in [4.78, 5) is 10.1. The zero-order chi connectivity index (χ0) is 13.6. The number of hydrogen-bond acceptors (Lipinski definition) is 3. The highest BCUT2D eigenvalue weighted by atomic mass is 16.4. The Morgan fingerprint density at radius 1 is 1.11 bits per heavy atom. The van der Waals surface area contributed by atoms with Gasteiger partial charge in [0.15, 0.2) is 0 Å². The van der Waals surface area contributed by atoms with Crippen LogP contribution in [0.15, 0.2) is 12.2 Å². The van der Waals surface area contributed by atoms with E-state index in [0.717, 1.165) is 12.8 Å². The van der Waals surface area contributed by atoms with Gasteiger partial charge in [-0.05, 0) is 45.1 Å². The molecule has 0 radical (unpaired) electrons. The fraction of sp³-hybridized carbons (Fsp3) is 0.786. The van der Waals surface area contributed by atoms with Crippen LogP contribution < -0.4 is 11.5 Å². The van der Waals surface area contributed by atoms with E-state index in [4.69, 9.17) is 16.6 Å². The van der Waals surface area contributed by atoms with Crippen LogP contribution >= 0.6 is 0 Å². The topological polar surface area (TPSA) is 89.3 Å². The highest BCUT2D eigenvalue weighted by molar-refractivity contribution is 5.72. The normalized spacial score (nSPS) is 18.8. The number of carboxylic acid groups (broad SMARTS) is 1. The predicted octanol–water partition coefficient (Wildman–Crippen LogP) is 2.42. The lowest BCUT2D eigenvalue weighted by molar-refractivity contribution is -0.138. The Kier molecular flexibility index (Phi) is 12.0. The molecule has 0 amide bonds. The van der Waals surface area contributed by atoms with Gasteiger partial charge >= 0.3 is 5.97 Å². The van der Waals surface area contributed by atoms with Crippen LogP contribution in [0.1, 0.15) is 57.8 Å². The Bertz CT molecular complexity index is 220. The molecule has 1 rings (SSSR count). The summed E-state index contributed by atoms with van der Waals surface area (Å²) in [7, 11) is 0. The average molecular weight is 256 g/mol. The molecule has 0 aromatic rings. The van der Waals surface area contributed by atoms with Crippen molar-refractivity contribution in [3.63, 3.8) is 0 Å². The molecule has 0 unspecified atom stereocenters. The van der Waals surface area contributed by atoms with E-state index in [2.05, 4.69) is 12.2 Å². The van der Waals surface area contributed by atoms with Crippen molar-refractivity contribution in [3.8, 4) is 0 Å². The van der Waals surface area contributed by atoms with Gasteiger partial charge in [-0.2, -0.15) is 0 Å². The van der Waals surface area contributed by atoms with E-state index < -0.39 is 12.0 Å². The SMILES string of the molecule is C1=C/CCCCCC/1.NCCCC[C@H](N)C(=O)O. The summed E-state index contributed by atoms with van der Waals surface area (Å²) in [6, 6.07) is -0.716.